The van der Waals surface area contributed by atoms with Crippen molar-refractivity contribution in [3.8, 4) is 5.75 Å². The van der Waals surface area contributed by atoms with E-state index >= 15 is 0 Å². The maximum absolute atomic E-state index is 13.7. The van der Waals surface area contributed by atoms with Crippen LogP contribution in [0.1, 0.15) is 33.3 Å². The van der Waals surface area contributed by atoms with Crippen LogP contribution in [0.15, 0.2) is 18.2 Å². The first kappa shape index (κ1) is 15.9. The molecule has 0 aliphatic heterocycles. The summed E-state index contributed by atoms with van der Waals surface area (Å²) in [6.07, 6.45) is 0. The summed E-state index contributed by atoms with van der Waals surface area (Å²) in [5.74, 6) is -0.0976. The van der Waals surface area contributed by atoms with Crippen LogP contribution in [0.3, 0.4) is 0 Å². The van der Waals surface area contributed by atoms with E-state index in [1.54, 1.807) is 19.9 Å². The highest BCUT2D eigenvalue weighted by atomic mass is 19.1. The van der Waals surface area contributed by atoms with Gasteiger partial charge >= 0.3 is 0 Å². The van der Waals surface area contributed by atoms with Gasteiger partial charge < -0.3 is 15.2 Å². The largest absolute Gasteiger partial charge is 0.494 e. The predicted octanol–water partition coefficient (Wildman–Crippen LogP) is 2.47. The Morgan fingerprint density at radius 3 is 2.32 bits per heavy atom. The highest BCUT2D eigenvalue weighted by Gasteiger charge is 2.23. The molecule has 0 fully saturated rings. The topological polar surface area (TPSA) is 41.5 Å². The summed E-state index contributed by atoms with van der Waals surface area (Å²) in [6, 6.07) is 5.01. The van der Waals surface area contributed by atoms with Gasteiger partial charge in [0.2, 0.25) is 0 Å². The molecular formula is C15H24FNO2. The molecule has 1 rings (SSSR count). The SMILES string of the molecule is COc1ccc(C(C)(C)CNCC(C)(C)O)cc1F. The monoisotopic (exact) mass is 269 g/mol. The van der Waals surface area contributed by atoms with Crippen molar-refractivity contribution >= 4 is 0 Å². The van der Waals surface area contributed by atoms with E-state index in [-0.39, 0.29) is 17.0 Å². The second-order valence-corrected chi connectivity index (χ2v) is 6.15. The minimum absolute atomic E-state index is 0.224. The lowest BCUT2D eigenvalue weighted by molar-refractivity contribution is 0.0785. The molecule has 0 radical (unpaired) electrons. The molecular weight excluding hydrogens is 245 g/mol. The molecule has 0 saturated carbocycles. The smallest absolute Gasteiger partial charge is 0.165 e. The Hall–Kier alpha value is -1.13. The van der Waals surface area contributed by atoms with E-state index in [1.807, 2.05) is 19.9 Å². The number of halogens is 1. The zero-order valence-electron chi connectivity index (χ0n) is 12.4. The normalized spacial score (nSPS) is 12.6. The predicted molar refractivity (Wildman–Crippen MR) is 75.1 cm³/mol. The van der Waals surface area contributed by atoms with E-state index in [9.17, 15) is 9.50 Å². The van der Waals surface area contributed by atoms with Crippen LogP contribution < -0.4 is 10.1 Å². The number of rotatable bonds is 6. The summed E-state index contributed by atoms with van der Waals surface area (Å²) in [4.78, 5) is 0. The number of hydrogen-bond acceptors (Lipinski definition) is 3. The highest BCUT2D eigenvalue weighted by Crippen LogP contribution is 2.27. The molecule has 108 valence electrons. The van der Waals surface area contributed by atoms with E-state index in [0.29, 0.717) is 13.1 Å². The summed E-state index contributed by atoms with van der Waals surface area (Å²) in [5, 5.41) is 12.9. The third kappa shape index (κ3) is 4.80. The summed E-state index contributed by atoms with van der Waals surface area (Å²) < 4.78 is 18.6. The van der Waals surface area contributed by atoms with E-state index < -0.39 is 5.60 Å². The Balaban J connectivity index is 2.74. The van der Waals surface area contributed by atoms with Crippen LogP contribution in [-0.4, -0.2) is 30.9 Å². The maximum Gasteiger partial charge on any atom is 0.165 e. The van der Waals surface area contributed by atoms with Gasteiger partial charge in [-0.2, -0.15) is 0 Å². The molecule has 0 amide bonds. The van der Waals surface area contributed by atoms with Crippen molar-refractivity contribution in [1.82, 2.24) is 5.32 Å². The summed E-state index contributed by atoms with van der Waals surface area (Å²) in [7, 11) is 1.45. The van der Waals surface area contributed by atoms with Crippen molar-refractivity contribution in [1.29, 1.82) is 0 Å². The maximum atomic E-state index is 13.7. The number of benzene rings is 1. The van der Waals surface area contributed by atoms with E-state index in [0.717, 1.165) is 5.56 Å². The average molecular weight is 269 g/mol. The number of hydrogen-bond donors (Lipinski definition) is 2. The van der Waals surface area contributed by atoms with Gasteiger partial charge in [0.25, 0.3) is 0 Å². The molecule has 4 heteroatoms. The molecule has 0 spiro atoms. The molecule has 19 heavy (non-hydrogen) atoms. The third-order valence-corrected chi connectivity index (χ3v) is 3.06. The van der Waals surface area contributed by atoms with Gasteiger partial charge in [-0.3, -0.25) is 0 Å². The van der Waals surface area contributed by atoms with E-state index in [1.165, 1.54) is 13.2 Å². The van der Waals surface area contributed by atoms with Gasteiger partial charge in [-0.15, -0.1) is 0 Å². The quantitative estimate of drug-likeness (QED) is 0.833. The fourth-order valence-electron chi connectivity index (χ4n) is 1.87. The highest BCUT2D eigenvalue weighted by molar-refractivity contribution is 5.33. The Bertz CT molecular complexity index is 425. The van der Waals surface area contributed by atoms with Crippen molar-refractivity contribution in [2.24, 2.45) is 0 Å². The Morgan fingerprint density at radius 2 is 1.84 bits per heavy atom. The molecule has 0 bridgehead atoms. The number of ether oxygens (including phenoxy) is 1. The van der Waals surface area contributed by atoms with Crippen LogP contribution in [0.2, 0.25) is 0 Å². The van der Waals surface area contributed by atoms with Crippen LogP contribution in [0, 0.1) is 5.82 Å². The van der Waals surface area contributed by atoms with Crippen LogP contribution in [0.25, 0.3) is 0 Å². The van der Waals surface area contributed by atoms with Crippen LogP contribution in [-0.2, 0) is 5.41 Å². The second-order valence-electron chi connectivity index (χ2n) is 6.15. The molecule has 0 atom stereocenters. The minimum Gasteiger partial charge on any atom is -0.494 e. The van der Waals surface area contributed by atoms with Gasteiger partial charge in [-0.05, 0) is 31.5 Å². The lowest BCUT2D eigenvalue weighted by atomic mass is 9.84. The number of aliphatic hydroxyl groups is 1. The minimum atomic E-state index is -0.749. The Labute approximate surface area is 114 Å². The first-order chi connectivity index (χ1) is 8.65. The molecule has 0 heterocycles. The zero-order valence-corrected chi connectivity index (χ0v) is 12.4. The van der Waals surface area contributed by atoms with Crippen molar-refractivity contribution in [3.05, 3.63) is 29.6 Å². The first-order valence-corrected chi connectivity index (χ1v) is 6.43. The molecule has 2 N–H and O–H groups in total. The van der Waals surface area contributed by atoms with Crippen molar-refractivity contribution < 1.29 is 14.2 Å². The molecule has 0 aliphatic carbocycles. The van der Waals surface area contributed by atoms with E-state index in [2.05, 4.69) is 5.32 Å². The lowest BCUT2D eigenvalue weighted by Gasteiger charge is -2.28. The second kappa shape index (κ2) is 5.88. The Morgan fingerprint density at radius 1 is 1.21 bits per heavy atom. The van der Waals surface area contributed by atoms with Gasteiger partial charge in [-0.1, -0.05) is 19.9 Å². The number of methoxy groups -OCH3 is 1. The van der Waals surface area contributed by atoms with Crippen LogP contribution in [0.5, 0.6) is 5.75 Å². The molecule has 0 aromatic heterocycles. The van der Waals surface area contributed by atoms with Crippen molar-refractivity contribution in [2.75, 3.05) is 20.2 Å². The summed E-state index contributed by atoms with van der Waals surface area (Å²) >= 11 is 0. The summed E-state index contributed by atoms with van der Waals surface area (Å²) in [6.45, 7) is 8.72. The summed E-state index contributed by atoms with van der Waals surface area (Å²) in [5.41, 5.74) is -0.0754. The van der Waals surface area contributed by atoms with Gasteiger partial charge in [0.15, 0.2) is 11.6 Å². The molecule has 3 nitrogen and oxygen atoms in total. The molecule has 0 unspecified atom stereocenters. The third-order valence-electron chi connectivity index (χ3n) is 3.06. The van der Waals surface area contributed by atoms with Gasteiger partial charge in [0.1, 0.15) is 0 Å². The van der Waals surface area contributed by atoms with Crippen LogP contribution >= 0.6 is 0 Å². The standard InChI is InChI=1S/C15H24FNO2/c1-14(2,9-17-10-15(3,4)18)11-6-7-13(19-5)12(16)8-11/h6-8,17-18H,9-10H2,1-5H3. The number of nitrogens with one attached hydrogen (secondary N) is 1. The molecule has 0 saturated heterocycles. The van der Waals surface area contributed by atoms with E-state index in [4.69, 9.17) is 4.74 Å². The van der Waals surface area contributed by atoms with Gasteiger partial charge in [0.05, 0.1) is 12.7 Å². The fourth-order valence-corrected chi connectivity index (χ4v) is 1.87. The lowest BCUT2D eigenvalue weighted by Crippen LogP contribution is -2.41. The van der Waals surface area contributed by atoms with Crippen LogP contribution in [0.4, 0.5) is 4.39 Å². The van der Waals surface area contributed by atoms with Crippen molar-refractivity contribution in [2.45, 2.75) is 38.7 Å². The zero-order chi connectivity index (χ0) is 14.7. The average Bonchev–Trinajstić information content (AvgIpc) is 2.26. The Kier molecular flexibility index (Phi) is 4.93. The molecule has 0 aliphatic rings. The van der Waals surface area contributed by atoms with Crippen molar-refractivity contribution in [3.63, 3.8) is 0 Å². The molecule has 1 aromatic carbocycles. The van der Waals surface area contributed by atoms with Gasteiger partial charge in [0, 0.05) is 18.5 Å². The fraction of sp³-hybridized carbons (Fsp3) is 0.600. The van der Waals surface area contributed by atoms with Gasteiger partial charge in [-0.25, -0.2) is 4.39 Å². The molecule has 1 aromatic rings. The first-order valence-electron chi connectivity index (χ1n) is 6.43.